The van der Waals surface area contributed by atoms with Crippen LogP contribution in [0.3, 0.4) is 0 Å². The zero-order valence-electron chi connectivity index (χ0n) is 13.2. The predicted octanol–water partition coefficient (Wildman–Crippen LogP) is 2.84. The van der Waals surface area contributed by atoms with Gasteiger partial charge in [0.05, 0.1) is 29.0 Å². The third-order valence-electron chi connectivity index (χ3n) is 3.13. The van der Waals surface area contributed by atoms with Crippen LogP contribution in [0.2, 0.25) is 0 Å². The smallest absolute Gasteiger partial charge is 0.337 e. The molecule has 0 aromatic heterocycles. The summed E-state index contributed by atoms with van der Waals surface area (Å²) >= 11 is 0. The number of hydrazone groups is 1. The molecule has 0 spiro atoms. The number of phenols is 1. The standard InChI is InChI=1S/C16H15N3O6/c1-2-25-14-8-10(7-13(15(14)20)19(23)24)9-17-18-12-6-4-3-5-11(12)16(21)22/h3-9,18,20H,2H2,1H3,(H,21,22)/b17-9-. The van der Waals surface area contributed by atoms with Gasteiger partial charge in [0.2, 0.25) is 5.75 Å². The number of aromatic carboxylic acids is 1. The van der Waals surface area contributed by atoms with E-state index in [0.29, 0.717) is 5.56 Å². The SMILES string of the molecule is CCOc1cc(/C=N\Nc2ccccc2C(=O)O)cc([N+](=O)[O-])c1O. The summed E-state index contributed by atoms with van der Waals surface area (Å²) in [4.78, 5) is 21.4. The summed E-state index contributed by atoms with van der Waals surface area (Å²) in [6, 6.07) is 8.69. The summed E-state index contributed by atoms with van der Waals surface area (Å²) in [5.74, 6) is -1.71. The first kappa shape index (κ1) is 17.7. The molecular weight excluding hydrogens is 330 g/mol. The Hall–Kier alpha value is -3.62. The van der Waals surface area contributed by atoms with Gasteiger partial charge in [-0.25, -0.2) is 4.79 Å². The summed E-state index contributed by atoms with van der Waals surface area (Å²) < 4.78 is 5.17. The maximum absolute atomic E-state index is 11.1. The number of nitrogens with zero attached hydrogens (tertiary/aromatic N) is 2. The Labute approximate surface area is 142 Å². The highest BCUT2D eigenvalue weighted by atomic mass is 16.6. The average molecular weight is 345 g/mol. The van der Waals surface area contributed by atoms with Gasteiger partial charge in [0.15, 0.2) is 5.75 Å². The molecule has 0 amide bonds. The minimum Gasteiger partial charge on any atom is -0.500 e. The van der Waals surface area contributed by atoms with Crippen molar-refractivity contribution in [3.8, 4) is 11.5 Å². The molecule has 9 heteroatoms. The van der Waals surface area contributed by atoms with Gasteiger partial charge in [-0.2, -0.15) is 5.10 Å². The number of aromatic hydroxyl groups is 1. The fourth-order valence-electron chi connectivity index (χ4n) is 2.04. The number of ether oxygens (including phenoxy) is 1. The number of nitrogens with one attached hydrogen (secondary N) is 1. The lowest BCUT2D eigenvalue weighted by Gasteiger charge is -2.07. The lowest BCUT2D eigenvalue weighted by Crippen LogP contribution is -2.02. The number of carbonyl (C=O) groups is 1. The van der Waals surface area contributed by atoms with Crippen molar-refractivity contribution in [1.82, 2.24) is 0 Å². The van der Waals surface area contributed by atoms with Crippen LogP contribution in [0, 0.1) is 10.1 Å². The van der Waals surface area contributed by atoms with Crippen LogP contribution in [-0.4, -0.2) is 33.9 Å². The van der Waals surface area contributed by atoms with E-state index in [1.165, 1.54) is 24.4 Å². The first-order chi connectivity index (χ1) is 11.9. The molecule has 2 rings (SSSR count). The molecule has 25 heavy (non-hydrogen) atoms. The lowest BCUT2D eigenvalue weighted by atomic mass is 10.2. The Bertz CT molecular complexity index is 835. The highest BCUT2D eigenvalue weighted by Crippen LogP contribution is 2.36. The van der Waals surface area contributed by atoms with Crippen molar-refractivity contribution in [3.63, 3.8) is 0 Å². The molecule has 130 valence electrons. The van der Waals surface area contributed by atoms with Crippen molar-refractivity contribution in [2.75, 3.05) is 12.0 Å². The van der Waals surface area contributed by atoms with E-state index < -0.39 is 22.3 Å². The number of phenolic OH excluding ortho intramolecular Hbond substituents is 1. The van der Waals surface area contributed by atoms with Crippen molar-refractivity contribution < 1.29 is 24.7 Å². The van der Waals surface area contributed by atoms with Gasteiger partial charge in [-0.15, -0.1) is 0 Å². The third kappa shape index (κ3) is 4.22. The molecule has 0 unspecified atom stereocenters. The van der Waals surface area contributed by atoms with Crippen molar-refractivity contribution in [2.45, 2.75) is 6.92 Å². The maximum Gasteiger partial charge on any atom is 0.337 e. The highest BCUT2D eigenvalue weighted by molar-refractivity contribution is 5.94. The van der Waals surface area contributed by atoms with E-state index in [2.05, 4.69) is 10.5 Å². The molecule has 3 N–H and O–H groups in total. The molecule has 0 radical (unpaired) electrons. The molecule has 2 aromatic carbocycles. The number of para-hydroxylation sites is 1. The van der Waals surface area contributed by atoms with Gasteiger partial charge in [-0.05, 0) is 25.1 Å². The summed E-state index contributed by atoms with van der Waals surface area (Å²) in [6.07, 6.45) is 1.26. The zero-order chi connectivity index (χ0) is 18.4. The predicted molar refractivity (Wildman–Crippen MR) is 90.5 cm³/mol. The monoisotopic (exact) mass is 345 g/mol. The second kappa shape index (κ2) is 7.77. The van der Waals surface area contributed by atoms with E-state index in [1.54, 1.807) is 19.1 Å². The lowest BCUT2D eigenvalue weighted by molar-refractivity contribution is -0.386. The first-order valence-electron chi connectivity index (χ1n) is 7.19. The first-order valence-corrected chi connectivity index (χ1v) is 7.19. The molecular formula is C16H15N3O6. The average Bonchev–Trinajstić information content (AvgIpc) is 2.57. The Balaban J connectivity index is 2.29. The molecule has 2 aromatic rings. The molecule has 9 nitrogen and oxygen atoms in total. The summed E-state index contributed by atoms with van der Waals surface area (Å²) in [6.45, 7) is 1.89. The summed E-state index contributed by atoms with van der Waals surface area (Å²) in [5.41, 5.74) is 2.66. The molecule has 0 saturated carbocycles. The molecule has 0 saturated heterocycles. The van der Waals surface area contributed by atoms with Crippen LogP contribution in [0.4, 0.5) is 11.4 Å². The van der Waals surface area contributed by atoms with Crippen LogP contribution < -0.4 is 10.2 Å². The molecule has 0 aliphatic carbocycles. The molecule has 0 aliphatic heterocycles. The van der Waals surface area contributed by atoms with Crippen LogP contribution in [0.15, 0.2) is 41.5 Å². The minimum atomic E-state index is -1.11. The maximum atomic E-state index is 11.1. The van der Waals surface area contributed by atoms with E-state index >= 15 is 0 Å². The van der Waals surface area contributed by atoms with Crippen molar-refractivity contribution in [1.29, 1.82) is 0 Å². The third-order valence-corrected chi connectivity index (χ3v) is 3.13. The number of carboxylic acids is 1. The van der Waals surface area contributed by atoms with Crippen LogP contribution in [0.1, 0.15) is 22.8 Å². The minimum absolute atomic E-state index is 0.0337. The highest BCUT2D eigenvalue weighted by Gasteiger charge is 2.19. The fourth-order valence-corrected chi connectivity index (χ4v) is 2.04. The number of hydrogen-bond acceptors (Lipinski definition) is 7. The second-order valence-electron chi connectivity index (χ2n) is 4.80. The van der Waals surface area contributed by atoms with E-state index in [0.717, 1.165) is 6.07 Å². The number of rotatable bonds is 7. The number of benzene rings is 2. The molecule has 0 fully saturated rings. The molecule has 0 bridgehead atoms. The van der Waals surface area contributed by atoms with Gasteiger partial charge in [-0.1, -0.05) is 12.1 Å². The van der Waals surface area contributed by atoms with Crippen LogP contribution in [-0.2, 0) is 0 Å². The number of nitro benzene ring substituents is 1. The molecule has 0 aliphatic rings. The Morgan fingerprint density at radius 1 is 1.40 bits per heavy atom. The Kier molecular flexibility index (Phi) is 5.51. The number of anilines is 1. The Morgan fingerprint density at radius 3 is 2.76 bits per heavy atom. The van der Waals surface area contributed by atoms with E-state index in [9.17, 15) is 20.0 Å². The Morgan fingerprint density at radius 2 is 2.12 bits per heavy atom. The van der Waals surface area contributed by atoms with Crippen LogP contribution in [0.5, 0.6) is 11.5 Å². The number of nitro groups is 1. The van der Waals surface area contributed by atoms with Crippen LogP contribution in [0.25, 0.3) is 0 Å². The molecule has 0 atom stereocenters. The quantitative estimate of drug-likeness (QED) is 0.399. The van der Waals surface area contributed by atoms with E-state index in [-0.39, 0.29) is 23.6 Å². The van der Waals surface area contributed by atoms with Gasteiger partial charge >= 0.3 is 11.7 Å². The number of carboxylic acid groups (broad SMARTS) is 1. The van der Waals surface area contributed by atoms with Gasteiger partial charge in [-0.3, -0.25) is 15.5 Å². The fraction of sp³-hybridized carbons (Fsp3) is 0.125. The van der Waals surface area contributed by atoms with Crippen LogP contribution >= 0.6 is 0 Å². The van der Waals surface area contributed by atoms with Gasteiger partial charge in [0, 0.05) is 11.6 Å². The van der Waals surface area contributed by atoms with E-state index in [1.807, 2.05) is 0 Å². The summed E-state index contributed by atoms with van der Waals surface area (Å²) in [5, 5.41) is 33.8. The number of hydrogen-bond donors (Lipinski definition) is 3. The zero-order valence-corrected chi connectivity index (χ0v) is 13.2. The van der Waals surface area contributed by atoms with Gasteiger partial charge in [0.25, 0.3) is 0 Å². The van der Waals surface area contributed by atoms with Crippen molar-refractivity contribution in [2.24, 2.45) is 5.10 Å². The second-order valence-corrected chi connectivity index (χ2v) is 4.80. The topological polar surface area (TPSA) is 134 Å². The normalized spacial score (nSPS) is 10.6. The summed E-state index contributed by atoms with van der Waals surface area (Å²) in [7, 11) is 0. The van der Waals surface area contributed by atoms with E-state index in [4.69, 9.17) is 9.84 Å². The molecule has 0 heterocycles. The largest absolute Gasteiger partial charge is 0.500 e. The van der Waals surface area contributed by atoms with Gasteiger partial charge in [0.1, 0.15) is 0 Å². The van der Waals surface area contributed by atoms with Gasteiger partial charge < -0.3 is 14.9 Å². The van der Waals surface area contributed by atoms with Crippen molar-refractivity contribution >= 4 is 23.6 Å². The van der Waals surface area contributed by atoms with Crippen molar-refractivity contribution in [3.05, 3.63) is 57.6 Å².